The summed E-state index contributed by atoms with van der Waals surface area (Å²) in [5, 5.41) is 0.643. The highest BCUT2D eigenvalue weighted by molar-refractivity contribution is 7.90. The molecule has 1 amide bonds. The van der Waals surface area contributed by atoms with E-state index in [-0.39, 0.29) is 16.3 Å². The Labute approximate surface area is 168 Å². The van der Waals surface area contributed by atoms with Crippen LogP contribution in [0.25, 0.3) is 0 Å². The molecule has 2 rings (SSSR count). The number of sulfonamides is 1. The van der Waals surface area contributed by atoms with Gasteiger partial charge in [0.2, 0.25) is 5.91 Å². The van der Waals surface area contributed by atoms with Crippen LogP contribution in [-0.2, 0) is 21.2 Å². The first kappa shape index (κ1) is 21.3. The molecule has 0 spiro atoms. The second kappa shape index (κ2) is 9.30. The fraction of sp³-hybridized carbons (Fsp3) is 0.278. The van der Waals surface area contributed by atoms with Crippen molar-refractivity contribution in [3.8, 4) is 11.5 Å². The van der Waals surface area contributed by atoms with Crippen LogP contribution in [0.3, 0.4) is 0 Å². The molecule has 2 aromatic carbocycles. The second-order valence-corrected chi connectivity index (χ2v) is 7.93. The molecule has 27 heavy (non-hydrogen) atoms. The Morgan fingerprint density at radius 3 is 2.26 bits per heavy atom. The van der Waals surface area contributed by atoms with Gasteiger partial charge in [-0.2, -0.15) is 0 Å². The Kier molecular flexibility index (Phi) is 7.35. The van der Waals surface area contributed by atoms with Crippen LogP contribution in [0, 0.1) is 0 Å². The lowest BCUT2D eigenvalue weighted by molar-refractivity contribution is -0.118. The van der Waals surface area contributed by atoms with Crippen molar-refractivity contribution >= 4 is 39.1 Å². The topological polar surface area (TPSA) is 81.7 Å². The molecule has 1 N–H and O–H groups in total. The van der Waals surface area contributed by atoms with E-state index in [0.717, 1.165) is 0 Å². The monoisotopic (exact) mass is 431 g/mol. The third-order valence-electron chi connectivity index (χ3n) is 3.42. The number of amides is 1. The number of carbonyl (C=O) groups is 1. The standard InChI is InChI=1S/C18H19Cl2NO5S/c1-3-25-16-8-6-13(11-17(16)26-4-2)27(23,24)21-18(22)10-12-5-7-14(19)15(20)9-12/h5-9,11H,3-4,10H2,1-2H3,(H,21,22). The lowest BCUT2D eigenvalue weighted by Gasteiger charge is -2.13. The molecule has 0 aliphatic rings. The molecule has 0 fully saturated rings. The highest BCUT2D eigenvalue weighted by Crippen LogP contribution is 2.30. The molecule has 0 aliphatic carbocycles. The van der Waals surface area contributed by atoms with Gasteiger partial charge in [-0.15, -0.1) is 0 Å². The normalized spacial score (nSPS) is 11.1. The number of hydrogen-bond donors (Lipinski definition) is 1. The van der Waals surface area contributed by atoms with Gasteiger partial charge in [0, 0.05) is 6.07 Å². The van der Waals surface area contributed by atoms with Crippen molar-refractivity contribution in [1.29, 1.82) is 0 Å². The number of rotatable bonds is 8. The molecule has 0 atom stereocenters. The van der Waals surface area contributed by atoms with E-state index in [1.807, 2.05) is 11.6 Å². The maximum Gasteiger partial charge on any atom is 0.264 e. The van der Waals surface area contributed by atoms with Gasteiger partial charge < -0.3 is 9.47 Å². The van der Waals surface area contributed by atoms with E-state index in [1.54, 1.807) is 19.1 Å². The summed E-state index contributed by atoms with van der Waals surface area (Å²) < 4.78 is 37.9. The smallest absolute Gasteiger partial charge is 0.264 e. The van der Waals surface area contributed by atoms with Gasteiger partial charge in [0.15, 0.2) is 11.5 Å². The van der Waals surface area contributed by atoms with Gasteiger partial charge in [0.1, 0.15) is 0 Å². The third kappa shape index (κ3) is 5.76. The molecule has 0 saturated carbocycles. The summed E-state index contributed by atoms with van der Waals surface area (Å²) in [5.41, 5.74) is 0.541. The van der Waals surface area contributed by atoms with Crippen LogP contribution in [0.4, 0.5) is 0 Å². The van der Waals surface area contributed by atoms with Gasteiger partial charge in [-0.1, -0.05) is 29.3 Å². The molecule has 146 valence electrons. The van der Waals surface area contributed by atoms with Crippen molar-refractivity contribution in [3.63, 3.8) is 0 Å². The Morgan fingerprint density at radius 2 is 1.63 bits per heavy atom. The summed E-state index contributed by atoms with van der Waals surface area (Å²) in [7, 11) is -4.06. The van der Waals surface area contributed by atoms with Gasteiger partial charge in [0.25, 0.3) is 10.0 Å². The summed E-state index contributed by atoms with van der Waals surface area (Å²) in [6.07, 6.45) is -0.161. The Balaban J connectivity index is 2.18. The molecule has 0 radical (unpaired) electrons. The number of hydrogen-bond acceptors (Lipinski definition) is 5. The zero-order valence-electron chi connectivity index (χ0n) is 14.8. The average Bonchev–Trinajstić information content (AvgIpc) is 2.59. The molecule has 0 heterocycles. The molecule has 0 aromatic heterocycles. The molecule has 9 heteroatoms. The molecule has 0 unspecified atom stereocenters. The van der Waals surface area contributed by atoms with Gasteiger partial charge >= 0.3 is 0 Å². The minimum Gasteiger partial charge on any atom is -0.490 e. The van der Waals surface area contributed by atoms with E-state index >= 15 is 0 Å². The summed E-state index contributed by atoms with van der Waals surface area (Å²) in [6, 6.07) is 8.82. The van der Waals surface area contributed by atoms with E-state index in [4.69, 9.17) is 32.7 Å². The molecule has 0 saturated heterocycles. The van der Waals surface area contributed by atoms with Crippen LogP contribution in [0.2, 0.25) is 10.0 Å². The minimum atomic E-state index is -4.06. The van der Waals surface area contributed by atoms with Crippen molar-refractivity contribution in [1.82, 2.24) is 4.72 Å². The van der Waals surface area contributed by atoms with E-state index in [1.165, 1.54) is 24.3 Å². The van der Waals surface area contributed by atoms with Crippen molar-refractivity contribution in [2.24, 2.45) is 0 Å². The van der Waals surface area contributed by atoms with Crippen LogP contribution in [0.5, 0.6) is 11.5 Å². The molecule has 0 aliphatic heterocycles. The Morgan fingerprint density at radius 1 is 0.963 bits per heavy atom. The first-order chi connectivity index (χ1) is 12.8. The van der Waals surface area contributed by atoms with Crippen molar-refractivity contribution in [3.05, 3.63) is 52.0 Å². The van der Waals surface area contributed by atoms with E-state index in [2.05, 4.69) is 0 Å². The summed E-state index contributed by atoms with van der Waals surface area (Å²) in [6.45, 7) is 4.33. The second-order valence-electron chi connectivity index (χ2n) is 5.43. The first-order valence-electron chi connectivity index (χ1n) is 8.16. The number of nitrogens with one attached hydrogen (secondary N) is 1. The SMILES string of the molecule is CCOc1ccc(S(=O)(=O)NC(=O)Cc2ccc(Cl)c(Cl)c2)cc1OCC. The quantitative estimate of drug-likeness (QED) is 0.686. The highest BCUT2D eigenvalue weighted by atomic mass is 35.5. The predicted octanol–water partition coefficient (Wildman–Crippen LogP) is 3.84. The molecular formula is C18H19Cl2NO5S. The Hall–Kier alpha value is -1.96. The van der Waals surface area contributed by atoms with E-state index in [0.29, 0.717) is 35.3 Å². The molecule has 0 bridgehead atoms. The van der Waals surface area contributed by atoms with Crippen molar-refractivity contribution in [2.75, 3.05) is 13.2 Å². The van der Waals surface area contributed by atoms with Crippen LogP contribution in [-0.4, -0.2) is 27.5 Å². The zero-order chi connectivity index (χ0) is 20.0. The van der Waals surface area contributed by atoms with Gasteiger partial charge in [-0.25, -0.2) is 13.1 Å². The van der Waals surface area contributed by atoms with Crippen LogP contribution >= 0.6 is 23.2 Å². The summed E-state index contributed by atoms with van der Waals surface area (Å²) in [4.78, 5) is 12.1. The first-order valence-corrected chi connectivity index (χ1v) is 10.4. The third-order valence-corrected chi connectivity index (χ3v) is 5.53. The highest BCUT2D eigenvalue weighted by Gasteiger charge is 2.20. The molecule has 6 nitrogen and oxygen atoms in total. The predicted molar refractivity (Wildman–Crippen MR) is 104 cm³/mol. The molecule has 2 aromatic rings. The van der Waals surface area contributed by atoms with Crippen molar-refractivity contribution < 1.29 is 22.7 Å². The minimum absolute atomic E-state index is 0.100. The van der Waals surface area contributed by atoms with Crippen LogP contribution < -0.4 is 14.2 Å². The maximum atomic E-state index is 12.5. The lowest BCUT2D eigenvalue weighted by Crippen LogP contribution is -2.31. The van der Waals surface area contributed by atoms with Gasteiger partial charge in [-0.3, -0.25) is 4.79 Å². The van der Waals surface area contributed by atoms with Crippen LogP contribution in [0.15, 0.2) is 41.3 Å². The fourth-order valence-corrected chi connectivity index (χ4v) is 3.60. The fourth-order valence-electron chi connectivity index (χ4n) is 2.28. The summed E-state index contributed by atoms with van der Waals surface area (Å²) in [5.74, 6) is 0.0276. The average molecular weight is 432 g/mol. The van der Waals surface area contributed by atoms with Crippen molar-refractivity contribution in [2.45, 2.75) is 25.2 Å². The largest absolute Gasteiger partial charge is 0.490 e. The number of ether oxygens (including phenoxy) is 2. The number of benzene rings is 2. The molecular weight excluding hydrogens is 413 g/mol. The van der Waals surface area contributed by atoms with E-state index in [9.17, 15) is 13.2 Å². The summed E-state index contributed by atoms with van der Waals surface area (Å²) >= 11 is 11.7. The number of halogens is 2. The van der Waals surface area contributed by atoms with Crippen LogP contribution in [0.1, 0.15) is 19.4 Å². The lowest BCUT2D eigenvalue weighted by atomic mass is 10.1. The zero-order valence-corrected chi connectivity index (χ0v) is 17.1. The van der Waals surface area contributed by atoms with E-state index < -0.39 is 15.9 Å². The maximum absolute atomic E-state index is 12.5. The van der Waals surface area contributed by atoms with Gasteiger partial charge in [-0.05, 0) is 43.7 Å². The Bertz CT molecular complexity index is 931. The van der Waals surface area contributed by atoms with Gasteiger partial charge in [0.05, 0.1) is 34.6 Å². The number of carbonyl (C=O) groups excluding carboxylic acids is 1.